The standard InChI is InChI=1S/C16H28/c1-6-9-15(4)12-8-13-16(5)11-7-10-14(2)3/h6,9-10,16H,1,7-8,11-13H2,2-5H3/b15-9+. The molecule has 92 valence electrons. The molecule has 1 atom stereocenters. The van der Waals surface area contributed by atoms with E-state index in [9.17, 15) is 0 Å². The highest BCUT2D eigenvalue weighted by atomic mass is 14.1. The van der Waals surface area contributed by atoms with Crippen LogP contribution in [0.15, 0.2) is 36.0 Å². The van der Waals surface area contributed by atoms with Crippen molar-refractivity contribution in [2.45, 2.75) is 59.8 Å². The summed E-state index contributed by atoms with van der Waals surface area (Å²) in [5.41, 5.74) is 2.89. The molecule has 0 spiro atoms. The first kappa shape index (κ1) is 15.2. The number of rotatable bonds is 8. The molecule has 16 heavy (non-hydrogen) atoms. The van der Waals surface area contributed by atoms with Crippen LogP contribution < -0.4 is 0 Å². The molecule has 0 aromatic carbocycles. The lowest BCUT2D eigenvalue weighted by Gasteiger charge is -2.09. The molecular formula is C16H28. The van der Waals surface area contributed by atoms with E-state index in [4.69, 9.17) is 0 Å². The van der Waals surface area contributed by atoms with Crippen LogP contribution >= 0.6 is 0 Å². The van der Waals surface area contributed by atoms with E-state index in [0.717, 1.165) is 5.92 Å². The Morgan fingerprint density at radius 3 is 2.44 bits per heavy atom. The van der Waals surface area contributed by atoms with E-state index in [1.165, 1.54) is 43.3 Å². The third-order valence-corrected chi connectivity index (χ3v) is 2.88. The maximum atomic E-state index is 3.72. The fraction of sp³-hybridized carbons (Fsp3) is 0.625. The van der Waals surface area contributed by atoms with E-state index in [-0.39, 0.29) is 0 Å². The van der Waals surface area contributed by atoms with E-state index in [1.54, 1.807) is 0 Å². The van der Waals surface area contributed by atoms with Gasteiger partial charge in [-0.15, -0.1) is 0 Å². The number of hydrogen-bond donors (Lipinski definition) is 0. The maximum Gasteiger partial charge on any atom is -0.0320 e. The zero-order valence-electron chi connectivity index (χ0n) is 11.6. The van der Waals surface area contributed by atoms with Crippen molar-refractivity contribution in [1.29, 1.82) is 0 Å². The first-order valence-corrected chi connectivity index (χ1v) is 6.47. The molecule has 0 rings (SSSR count). The summed E-state index contributed by atoms with van der Waals surface area (Å²) < 4.78 is 0. The van der Waals surface area contributed by atoms with Crippen molar-refractivity contribution < 1.29 is 0 Å². The molecule has 0 heterocycles. The van der Waals surface area contributed by atoms with Crippen molar-refractivity contribution in [3.63, 3.8) is 0 Å². The van der Waals surface area contributed by atoms with E-state index in [1.807, 2.05) is 6.08 Å². The van der Waals surface area contributed by atoms with Crippen molar-refractivity contribution in [2.75, 3.05) is 0 Å². The van der Waals surface area contributed by atoms with Gasteiger partial charge in [-0.3, -0.25) is 0 Å². The lowest BCUT2D eigenvalue weighted by atomic mass is 9.97. The Bertz CT molecular complexity index is 239. The van der Waals surface area contributed by atoms with Crippen molar-refractivity contribution in [2.24, 2.45) is 5.92 Å². The Morgan fingerprint density at radius 1 is 1.19 bits per heavy atom. The second kappa shape index (κ2) is 9.45. The predicted octanol–water partition coefficient (Wildman–Crippen LogP) is 5.67. The summed E-state index contributed by atoms with van der Waals surface area (Å²) in [4.78, 5) is 0. The van der Waals surface area contributed by atoms with E-state index in [2.05, 4.69) is 46.4 Å². The van der Waals surface area contributed by atoms with Gasteiger partial charge < -0.3 is 0 Å². The SMILES string of the molecule is C=C/C=C(\C)CCCC(C)CCC=C(C)C. The third-order valence-electron chi connectivity index (χ3n) is 2.88. The molecule has 0 nitrogen and oxygen atoms in total. The topological polar surface area (TPSA) is 0 Å². The third kappa shape index (κ3) is 9.76. The second-order valence-electron chi connectivity index (χ2n) is 5.10. The fourth-order valence-electron chi connectivity index (χ4n) is 1.81. The average Bonchev–Trinajstić information content (AvgIpc) is 2.17. The number of hydrogen-bond acceptors (Lipinski definition) is 0. The molecule has 0 amide bonds. The molecular weight excluding hydrogens is 192 g/mol. The Balaban J connectivity index is 3.58. The Morgan fingerprint density at radius 2 is 1.88 bits per heavy atom. The zero-order chi connectivity index (χ0) is 12.4. The molecule has 0 N–H and O–H groups in total. The van der Waals surface area contributed by atoms with Crippen molar-refractivity contribution in [1.82, 2.24) is 0 Å². The van der Waals surface area contributed by atoms with Crippen LogP contribution in [0.2, 0.25) is 0 Å². The number of allylic oxidation sites excluding steroid dienone is 5. The molecule has 0 aliphatic rings. The molecule has 1 unspecified atom stereocenters. The maximum absolute atomic E-state index is 3.72. The zero-order valence-corrected chi connectivity index (χ0v) is 11.6. The van der Waals surface area contributed by atoms with Crippen molar-refractivity contribution >= 4 is 0 Å². The van der Waals surface area contributed by atoms with Gasteiger partial charge >= 0.3 is 0 Å². The summed E-state index contributed by atoms with van der Waals surface area (Å²) in [6, 6.07) is 0. The largest absolute Gasteiger partial charge is 0.0991 e. The molecule has 0 aromatic heterocycles. The molecule has 0 aliphatic heterocycles. The van der Waals surface area contributed by atoms with Crippen molar-refractivity contribution in [3.05, 3.63) is 36.0 Å². The van der Waals surface area contributed by atoms with E-state index < -0.39 is 0 Å². The van der Waals surface area contributed by atoms with Gasteiger partial charge in [-0.25, -0.2) is 0 Å². The molecule has 0 saturated carbocycles. The summed E-state index contributed by atoms with van der Waals surface area (Å²) >= 11 is 0. The highest BCUT2D eigenvalue weighted by Gasteiger charge is 2.00. The van der Waals surface area contributed by atoms with Crippen LogP contribution in [0.1, 0.15) is 59.8 Å². The molecule has 0 bridgehead atoms. The predicted molar refractivity (Wildman–Crippen MR) is 75.6 cm³/mol. The summed E-state index contributed by atoms with van der Waals surface area (Å²) in [6.07, 6.45) is 12.8. The van der Waals surface area contributed by atoms with Gasteiger partial charge in [0.25, 0.3) is 0 Å². The minimum atomic E-state index is 0.854. The lowest BCUT2D eigenvalue weighted by molar-refractivity contribution is 0.478. The van der Waals surface area contributed by atoms with Crippen LogP contribution in [0.5, 0.6) is 0 Å². The average molecular weight is 220 g/mol. The lowest BCUT2D eigenvalue weighted by Crippen LogP contribution is -1.94. The highest BCUT2D eigenvalue weighted by Crippen LogP contribution is 2.17. The highest BCUT2D eigenvalue weighted by molar-refractivity contribution is 5.07. The van der Waals surface area contributed by atoms with Gasteiger partial charge in [-0.1, -0.05) is 49.3 Å². The van der Waals surface area contributed by atoms with Crippen LogP contribution in [0.3, 0.4) is 0 Å². The molecule has 0 aromatic rings. The summed E-state index contributed by atoms with van der Waals surface area (Å²) in [6.45, 7) is 12.6. The van der Waals surface area contributed by atoms with Gasteiger partial charge in [0.1, 0.15) is 0 Å². The van der Waals surface area contributed by atoms with Gasteiger partial charge in [0.05, 0.1) is 0 Å². The molecule has 0 radical (unpaired) electrons. The second-order valence-corrected chi connectivity index (χ2v) is 5.10. The molecule has 0 saturated heterocycles. The van der Waals surface area contributed by atoms with Gasteiger partial charge in [0.2, 0.25) is 0 Å². The Hall–Kier alpha value is -0.780. The monoisotopic (exact) mass is 220 g/mol. The van der Waals surface area contributed by atoms with Crippen LogP contribution in [-0.2, 0) is 0 Å². The van der Waals surface area contributed by atoms with E-state index >= 15 is 0 Å². The van der Waals surface area contributed by atoms with E-state index in [0.29, 0.717) is 0 Å². The Kier molecular flexibility index (Phi) is 8.99. The van der Waals surface area contributed by atoms with Gasteiger partial charge in [-0.2, -0.15) is 0 Å². The fourth-order valence-corrected chi connectivity index (χ4v) is 1.81. The van der Waals surface area contributed by atoms with Crippen LogP contribution in [0.25, 0.3) is 0 Å². The molecule has 0 heteroatoms. The van der Waals surface area contributed by atoms with Crippen LogP contribution in [0, 0.1) is 5.92 Å². The minimum absolute atomic E-state index is 0.854. The first-order valence-electron chi connectivity index (χ1n) is 6.47. The van der Waals surface area contributed by atoms with Crippen molar-refractivity contribution in [3.8, 4) is 0 Å². The van der Waals surface area contributed by atoms with Gasteiger partial charge in [-0.05, 0) is 52.4 Å². The minimum Gasteiger partial charge on any atom is -0.0991 e. The summed E-state index contributed by atoms with van der Waals surface area (Å²) in [5, 5.41) is 0. The summed E-state index contributed by atoms with van der Waals surface area (Å²) in [5.74, 6) is 0.854. The van der Waals surface area contributed by atoms with Gasteiger partial charge in [0.15, 0.2) is 0 Å². The first-order chi connectivity index (χ1) is 7.56. The Labute approximate surface area is 102 Å². The smallest absolute Gasteiger partial charge is 0.0320 e. The van der Waals surface area contributed by atoms with Gasteiger partial charge in [0, 0.05) is 0 Å². The molecule has 0 fully saturated rings. The molecule has 0 aliphatic carbocycles. The van der Waals surface area contributed by atoms with Crippen LogP contribution in [0.4, 0.5) is 0 Å². The normalized spacial score (nSPS) is 13.4. The van der Waals surface area contributed by atoms with Crippen LogP contribution in [-0.4, -0.2) is 0 Å². The summed E-state index contributed by atoms with van der Waals surface area (Å²) in [7, 11) is 0. The quantitative estimate of drug-likeness (QED) is 0.365.